The molecule has 2 fully saturated rings. The number of anilines is 1. The molecular formula is C16H24N4O2. The molecule has 1 atom stereocenters. The third kappa shape index (κ3) is 3.38. The van der Waals surface area contributed by atoms with E-state index in [0.29, 0.717) is 6.61 Å². The van der Waals surface area contributed by atoms with Crippen LogP contribution in [0.15, 0.2) is 18.6 Å². The average molecular weight is 304 g/mol. The van der Waals surface area contributed by atoms with Crippen molar-refractivity contribution in [3.8, 4) is 0 Å². The molecule has 1 amide bonds. The number of nitrogens with zero attached hydrogens (tertiary/aromatic N) is 3. The van der Waals surface area contributed by atoms with Gasteiger partial charge in [0.1, 0.15) is 11.4 Å². The molecule has 120 valence electrons. The molecule has 2 saturated heterocycles. The Labute approximate surface area is 131 Å². The summed E-state index contributed by atoms with van der Waals surface area (Å²) in [6.45, 7) is 4.38. The molecule has 0 radical (unpaired) electrons. The average Bonchev–Trinajstić information content (AvgIpc) is 2.57. The Balaban J connectivity index is 1.50. The summed E-state index contributed by atoms with van der Waals surface area (Å²) in [5, 5.41) is 3.17. The molecule has 2 aliphatic heterocycles. The standard InChI is InChI=1S/C16H24N4O2/c1-16(6-2-3-11-22-16)15(21)19-13-4-9-20(10-5-13)14-12-17-7-8-18-14/h7-8,12-13H,2-6,9-11H2,1H3,(H,19,21). The molecule has 0 bridgehead atoms. The van der Waals surface area contributed by atoms with E-state index in [1.165, 1.54) is 0 Å². The molecule has 22 heavy (non-hydrogen) atoms. The summed E-state index contributed by atoms with van der Waals surface area (Å²) in [5.74, 6) is 0.958. The first-order chi connectivity index (χ1) is 10.7. The van der Waals surface area contributed by atoms with Gasteiger partial charge in [0.2, 0.25) is 0 Å². The van der Waals surface area contributed by atoms with Gasteiger partial charge in [-0.1, -0.05) is 0 Å². The maximum absolute atomic E-state index is 12.5. The van der Waals surface area contributed by atoms with E-state index in [0.717, 1.165) is 51.0 Å². The minimum Gasteiger partial charge on any atom is -0.365 e. The first-order valence-electron chi connectivity index (χ1n) is 8.13. The van der Waals surface area contributed by atoms with Crippen LogP contribution in [0.4, 0.5) is 5.82 Å². The number of hydrogen-bond acceptors (Lipinski definition) is 5. The Morgan fingerprint density at radius 1 is 1.36 bits per heavy atom. The predicted octanol–water partition coefficient (Wildman–Crippen LogP) is 1.52. The highest BCUT2D eigenvalue weighted by molar-refractivity contribution is 5.85. The van der Waals surface area contributed by atoms with Gasteiger partial charge in [-0.3, -0.25) is 9.78 Å². The quantitative estimate of drug-likeness (QED) is 0.917. The third-order valence-corrected chi connectivity index (χ3v) is 4.65. The van der Waals surface area contributed by atoms with Gasteiger partial charge in [-0.25, -0.2) is 4.98 Å². The zero-order valence-corrected chi connectivity index (χ0v) is 13.1. The SMILES string of the molecule is CC1(C(=O)NC2CCN(c3cnccn3)CC2)CCCCO1. The number of ether oxygens (including phenoxy) is 1. The van der Waals surface area contributed by atoms with Gasteiger partial charge in [-0.05, 0) is 39.0 Å². The van der Waals surface area contributed by atoms with Gasteiger partial charge in [0, 0.05) is 38.1 Å². The molecule has 1 aromatic rings. The van der Waals surface area contributed by atoms with Gasteiger partial charge in [0.15, 0.2) is 0 Å². The molecule has 0 aliphatic carbocycles. The molecule has 6 heteroatoms. The van der Waals surface area contributed by atoms with Crippen LogP contribution < -0.4 is 10.2 Å². The lowest BCUT2D eigenvalue weighted by Crippen LogP contribution is -2.53. The van der Waals surface area contributed by atoms with E-state index >= 15 is 0 Å². The summed E-state index contributed by atoms with van der Waals surface area (Å²) in [4.78, 5) is 23.1. The Morgan fingerprint density at radius 3 is 2.82 bits per heavy atom. The Bertz CT molecular complexity index is 494. The van der Waals surface area contributed by atoms with Crippen molar-refractivity contribution in [1.82, 2.24) is 15.3 Å². The van der Waals surface area contributed by atoms with Crippen molar-refractivity contribution in [1.29, 1.82) is 0 Å². The Morgan fingerprint density at radius 2 is 2.18 bits per heavy atom. The van der Waals surface area contributed by atoms with Gasteiger partial charge in [0.05, 0.1) is 6.20 Å². The highest BCUT2D eigenvalue weighted by atomic mass is 16.5. The number of hydrogen-bond donors (Lipinski definition) is 1. The monoisotopic (exact) mass is 304 g/mol. The second kappa shape index (κ2) is 6.60. The zero-order valence-electron chi connectivity index (χ0n) is 13.1. The van der Waals surface area contributed by atoms with E-state index in [9.17, 15) is 4.79 Å². The lowest BCUT2D eigenvalue weighted by Gasteiger charge is -2.37. The maximum atomic E-state index is 12.5. The second-order valence-electron chi connectivity index (χ2n) is 6.33. The second-order valence-corrected chi connectivity index (χ2v) is 6.33. The van der Waals surface area contributed by atoms with Crippen molar-refractivity contribution >= 4 is 11.7 Å². The molecule has 0 saturated carbocycles. The number of amides is 1. The van der Waals surface area contributed by atoms with Crippen LogP contribution in [0, 0.1) is 0 Å². The Kier molecular flexibility index (Phi) is 4.57. The summed E-state index contributed by atoms with van der Waals surface area (Å²) in [6, 6.07) is 0.225. The predicted molar refractivity (Wildman–Crippen MR) is 83.6 cm³/mol. The van der Waals surface area contributed by atoms with E-state index in [1.54, 1.807) is 18.6 Å². The molecular weight excluding hydrogens is 280 g/mol. The minimum absolute atomic E-state index is 0.0464. The minimum atomic E-state index is -0.639. The van der Waals surface area contributed by atoms with Crippen molar-refractivity contribution in [3.63, 3.8) is 0 Å². The van der Waals surface area contributed by atoms with E-state index in [4.69, 9.17) is 4.74 Å². The van der Waals surface area contributed by atoms with Crippen LogP contribution in [-0.4, -0.2) is 47.2 Å². The molecule has 1 unspecified atom stereocenters. The third-order valence-electron chi connectivity index (χ3n) is 4.65. The highest BCUT2D eigenvalue weighted by Gasteiger charge is 2.37. The molecule has 1 aromatic heterocycles. The number of rotatable bonds is 3. The van der Waals surface area contributed by atoms with Gasteiger partial charge >= 0.3 is 0 Å². The van der Waals surface area contributed by atoms with Crippen molar-refractivity contribution < 1.29 is 9.53 Å². The molecule has 6 nitrogen and oxygen atoms in total. The van der Waals surface area contributed by atoms with Gasteiger partial charge in [-0.15, -0.1) is 0 Å². The van der Waals surface area contributed by atoms with E-state index in [1.807, 2.05) is 6.92 Å². The van der Waals surface area contributed by atoms with Crippen LogP contribution in [-0.2, 0) is 9.53 Å². The topological polar surface area (TPSA) is 67.4 Å². The molecule has 0 aromatic carbocycles. The number of aromatic nitrogens is 2. The molecule has 2 aliphatic rings. The number of carbonyl (C=O) groups excluding carboxylic acids is 1. The van der Waals surface area contributed by atoms with E-state index < -0.39 is 5.60 Å². The van der Waals surface area contributed by atoms with Crippen LogP contribution in [0.25, 0.3) is 0 Å². The van der Waals surface area contributed by atoms with Crippen LogP contribution in [0.2, 0.25) is 0 Å². The summed E-state index contributed by atoms with van der Waals surface area (Å²) in [6.07, 6.45) is 9.98. The van der Waals surface area contributed by atoms with Crippen LogP contribution >= 0.6 is 0 Å². The fourth-order valence-corrected chi connectivity index (χ4v) is 3.16. The summed E-state index contributed by atoms with van der Waals surface area (Å²) in [5.41, 5.74) is -0.639. The van der Waals surface area contributed by atoms with Gasteiger partial charge < -0.3 is 15.0 Å². The fourth-order valence-electron chi connectivity index (χ4n) is 3.16. The van der Waals surface area contributed by atoms with Crippen molar-refractivity contribution in [3.05, 3.63) is 18.6 Å². The van der Waals surface area contributed by atoms with Crippen LogP contribution in [0.5, 0.6) is 0 Å². The molecule has 0 spiro atoms. The largest absolute Gasteiger partial charge is 0.365 e. The summed E-state index contributed by atoms with van der Waals surface area (Å²) < 4.78 is 5.72. The van der Waals surface area contributed by atoms with Crippen LogP contribution in [0.3, 0.4) is 0 Å². The first-order valence-corrected chi connectivity index (χ1v) is 8.13. The van der Waals surface area contributed by atoms with Crippen LogP contribution in [0.1, 0.15) is 39.0 Å². The zero-order chi connectivity index (χ0) is 15.4. The fraction of sp³-hybridized carbons (Fsp3) is 0.688. The van der Waals surface area contributed by atoms with E-state index in [2.05, 4.69) is 20.2 Å². The van der Waals surface area contributed by atoms with E-state index in [-0.39, 0.29) is 11.9 Å². The Hall–Kier alpha value is -1.69. The number of nitrogens with one attached hydrogen (secondary N) is 1. The number of piperidine rings is 1. The highest BCUT2D eigenvalue weighted by Crippen LogP contribution is 2.25. The van der Waals surface area contributed by atoms with Gasteiger partial charge in [-0.2, -0.15) is 0 Å². The molecule has 3 heterocycles. The first kappa shape index (κ1) is 15.2. The smallest absolute Gasteiger partial charge is 0.252 e. The molecule has 1 N–H and O–H groups in total. The lowest BCUT2D eigenvalue weighted by atomic mass is 9.94. The van der Waals surface area contributed by atoms with Crippen molar-refractivity contribution in [2.24, 2.45) is 0 Å². The summed E-state index contributed by atoms with van der Waals surface area (Å²) in [7, 11) is 0. The summed E-state index contributed by atoms with van der Waals surface area (Å²) >= 11 is 0. The number of carbonyl (C=O) groups is 1. The normalized spacial score (nSPS) is 26.7. The molecule has 3 rings (SSSR count). The lowest BCUT2D eigenvalue weighted by molar-refractivity contribution is -0.151. The van der Waals surface area contributed by atoms with Crippen molar-refractivity contribution in [2.75, 3.05) is 24.6 Å². The van der Waals surface area contributed by atoms with Gasteiger partial charge in [0.25, 0.3) is 5.91 Å². The van der Waals surface area contributed by atoms with Crippen molar-refractivity contribution in [2.45, 2.75) is 50.7 Å². The maximum Gasteiger partial charge on any atom is 0.252 e.